The summed E-state index contributed by atoms with van der Waals surface area (Å²) < 4.78 is 5.20. The molecule has 2 aliphatic heterocycles. The van der Waals surface area contributed by atoms with E-state index in [4.69, 9.17) is 4.74 Å². The molecule has 1 unspecified atom stereocenters. The van der Waals surface area contributed by atoms with E-state index in [1.165, 1.54) is 13.0 Å². The number of nitrogens with zero attached hydrogens (tertiary/aromatic N) is 1. The highest BCUT2D eigenvalue weighted by Gasteiger charge is 2.46. The van der Waals surface area contributed by atoms with Gasteiger partial charge in [0, 0.05) is 12.0 Å². The first-order valence-electron chi connectivity index (χ1n) is 4.64. The summed E-state index contributed by atoms with van der Waals surface area (Å²) in [5, 5.41) is 9.28. The van der Waals surface area contributed by atoms with E-state index in [0.717, 1.165) is 19.8 Å². The molecule has 0 spiro atoms. The van der Waals surface area contributed by atoms with Crippen molar-refractivity contribution in [2.75, 3.05) is 40.0 Å². The molecule has 0 aromatic carbocycles. The lowest BCUT2D eigenvalue weighted by Crippen LogP contribution is -2.51. The molecule has 2 rings (SSSR count). The van der Waals surface area contributed by atoms with Crippen molar-refractivity contribution < 1.29 is 9.84 Å². The molecule has 70 valence electrons. The van der Waals surface area contributed by atoms with E-state index >= 15 is 0 Å². The summed E-state index contributed by atoms with van der Waals surface area (Å²) in [5.74, 6) is 0.654. The Morgan fingerprint density at radius 1 is 1.58 bits per heavy atom. The molecule has 0 aliphatic carbocycles. The fraction of sp³-hybridized carbons (Fsp3) is 1.00. The molecule has 1 atom stereocenters. The van der Waals surface area contributed by atoms with Crippen LogP contribution in [-0.2, 0) is 4.74 Å². The molecule has 0 saturated carbocycles. The van der Waals surface area contributed by atoms with Crippen molar-refractivity contribution in [2.45, 2.75) is 6.42 Å². The molecule has 3 heteroatoms. The minimum Gasteiger partial charge on any atom is -0.396 e. The molecule has 2 heterocycles. The molecule has 12 heavy (non-hydrogen) atoms. The molecule has 0 amide bonds. The summed E-state index contributed by atoms with van der Waals surface area (Å²) in [6.45, 7) is 4.13. The number of hydrogen-bond donors (Lipinski definition) is 1. The minimum absolute atomic E-state index is 0.116. The summed E-state index contributed by atoms with van der Waals surface area (Å²) in [5.41, 5.74) is 0.116. The average Bonchev–Trinajstić information content (AvgIpc) is 2.35. The van der Waals surface area contributed by atoms with Gasteiger partial charge in [0.05, 0.1) is 19.8 Å². The Labute approximate surface area is 73.3 Å². The van der Waals surface area contributed by atoms with Crippen molar-refractivity contribution in [1.29, 1.82) is 0 Å². The van der Waals surface area contributed by atoms with Gasteiger partial charge in [0.2, 0.25) is 0 Å². The third kappa shape index (κ3) is 1.16. The van der Waals surface area contributed by atoms with E-state index in [9.17, 15) is 5.11 Å². The fourth-order valence-electron chi connectivity index (χ4n) is 2.26. The van der Waals surface area contributed by atoms with Crippen molar-refractivity contribution >= 4 is 0 Å². The van der Waals surface area contributed by atoms with Crippen molar-refractivity contribution in [3.05, 3.63) is 0 Å². The molecule has 0 radical (unpaired) electrons. The normalized spacial score (nSPS) is 35.0. The van der Waals surface area contributed by atoms with Gasteiger partial charge in [0.1, 0.15) is 0 Å². The summed E-state index contributed by atoms with van der Waals surface area (Å²) in [6.07, 6.45) is 1.22. The second-order valence-corrected chi connectivity index (χ2v) is 4.26. The quantitative estimate of drug-likeness (QED) is 0.632. The Balaban J connectivity index is 1.98. The summed E-state index contributed by atoms with van der Waals surface area (Å²) in [7, 11) is 2.14. The third-order valence-electron chi connectivity index (χ3n) is 3.35. The Hall–Kier alpha value is -0.120. The molecule has 2 aliphatic rings. The van der Waals surface area contributed by atoms with E-state index < -0.39 is 0 Å². The van der Waals surface area contributed by atoms with Crippen molar-refractivity contribution in [1.82, 2.24) is 4.90 Å². The Morgan fingerprint density at radius 3 is 2.67 bits per heavy atom. The van der Waals surface area contributed by atoms with Crippen LogP contribution >= 0.6 is 0 Å². The van der Waals surface area contributed by atoms with Crippen molar-refractivity contribution in [2.24, 2.45) is 11.3 Å². The Bertz CT molecular complexity index is 162. The number of hydrogen-bond acceptors (Lipinski definition) is 3. The highest BCUT2D eigenvalue weighted by atomic mass is 16.5. The standard InChI is InChI=1S/C9H17NO2/c1-10-3-2-8(4-10)9(5-11)6-12-7-9/h8,11H,2-7H2,1H3. The molecule has 0 aromatic rings. The lowest BCUT2D eigenvalue weighted by atomic mass is 9.74. The maximum Gasteiger partial charge on any atom is 0.0570 e. The fourth-order valence-corrected chi connectivity index (χ4v) is 2.26. The van der Waals surface area contributed by atoms with Gasteiger partial charge in [-0.25, -0.2) is 0 Å². The molecule has 3 nitrogen and oxygen atoms in total. The van der Waals surface area contributed by atoms with Gasteiger partial charge in [0.15, 0.2) is 0 Å². The van der Waals surface area contributed by atoms with Crippen molar-refractivity contribution in [3.8, 4) is 0 Å². The second kappa shape index (κ2) is 2.98. The van der Waals surface area contributed by atoms with Crippen LogP contribution in [0.4, 0.5) is 0 Å². The first-order valence-corrected chi connectivity index (χ1v) is 4.64. The SMILES string of the molecule is CN1CCC(C2(CO)COC2)C1. The number of likely N-dealkylation sites (tertiary alicyclic amines) is 1. The minimum atomic E-state index is 0.116. The van der Waals surface area contributed by atoms with Gasteiger partial charge in [-0.05, 0) is 25.9 Å². The second-order valence-electron chi connectivity index (χ2n) is 4.26. The van der Waals surface area contributed by atoms with Crippen LogP contribution in [0.1, 0.15) is 6.42 Å². The van der Waals surface area contributed by atoms with Gasteiger partial charge in [-0.15, -0.1) is 0 Å². The van der Waals surface area contributed by atoms with E-state index in [1.54, 1.807) is 0 Å². The molecule has 2 saturated heterocycles. The Morgan fingerprint density at radius 2 is 2.33 bits per heavy atom. The maximum atomic E-state index is 9.28. The molecule has 2 fully saturated rings. The van der Waals surface area contributed by atoms with Crippen LogP contribution in [-0.4, -0.2) is 50.0 Å². The van der Waals surface area contributed by atoms with E-state index in [1.807, 2.05) is 0 Å². The number of aliphatic hydroxyl groups is 1. The lowest BCUT2D eigenvalue weighted by molar-refractivity contribution is -0.165. The first-order chi connectivity index (χ1) is 5.77. The number of ether oxygens (including phenoxy) is 1. The third-order valence-corrected chi connectivity index (χ3v) is 3.35. The maximum absolute atomic E-state index is 9.28. The zero-order valence-electron chi connectivity index (χ0n) is 7.62. The molecule has 0 aromatic heterocycles. The van der Waals surface area contributed by atoms with Crippen LogP contribution in [0.25, 0.3) is 0 Å². The van der Waals surface area contributed by atoms with Crippen molar-refractivity contribution in [3.63, 3.8) is 0 Å². The van der Waals surface area contributed by atoms with E-state index in [0.29, 0.717) is 12.5 Å². The van der Waals surface area contributed by atoms with Crippen LogP contribution in [0.2, 0.25) is 0 Å². The Kier molecular flexibility index (Phi) is 2.10. The summed E-state index contributed by atoms with van der Waals surface area (Å²) in [4.78, 5) is 2.33. The van der Waals surface area contributed by atoms with Gasteiger partial charge in [-0.1, -0.05) is 0 Å². The van der Waals surface area contributed by atoms with Crippen LogP contribution in [0.3, 0.4) is 0 Å². The zero-order chi connectivity index (χ0) is 8.60. The van der Waals surface area contributed by atoms with Gasteiger partial charge in [0.25, 0.3) is 0 Å². The van der Waals surface area contributed by atoms with Crippen LogP contribution in [0.5, 0.6) is 0 Å². The van der Waals surface area contributed by atoms with Gasteiger partial charge < -0.3 is 14.7 Å². The van der Waals surface area contributed by atoms with Crippen LogP contribution in [0, 0.1) is 11.3 Å². The topological polar surface area (TPSA) is 32.7 Å². The van der Waals surface area contributed by atoms with E-state index in [-0.39, 0.29) is 5.41 Å². The van der Waals surface area contributed by atoms with Gasteiger partial charge >= 0.3 is 0 Å². The van der Waals surface area contributed by atoms with E-state index in [2.05, 4.69) is 11.9 Å². The molecular formula is C9H17NO2. The van der Waals surface area contributed by atoms with Gasteiger partial charge in [-0.3, -0.25) is 0 Å². The smallest absolute Gasteiger partial charge is 0.0570 e. The zero-order valence-corrected chi connectivity index (χ0v) is 7.62. The molecular weight excluding hydrogens is 154 g/mol. The highest BCUT2D eigenvalue weighted by molar-refractivity contribution is 4.95. The predicted octanol–water partition coefficient (Wildman–Crippen LogP) is -0.0530. The number of aliphatic hydroxyl groups excluding tert-OH is 1. The first kappa shape index (κ1) is 8.48. The van der Waals surface area contributed by atoms with Crippen LogP contribution < -0.4 is 0 Å². The molecule has 1 N–H and O–H groups in total. The predicted molar refractivity (Wildman–Crippen MR) is 45.9 cm³/mol. The highest BCUT2D eigenvalue weighted by Crippen LogP contribution is 2.40. The molecule has 0 bridgehead atoms. The average molecular weight is 171 g/mol. The summed E-state index contributed by atoms with van der Waals surface area (Å²) >= 11 is 0. The van der Waals surface area contributed by atoms with Crippen LogP contribution in [0.15, 0.2) is 0 Å². The summed E-state index contributed by atoms with van der Waals surface area (Å²) in [6, 6.07) is 0. The monoisotopic (exact) mass is 171 g/mol. The largest absolute Gasteiger partial charge is 0.396 e. The van der Waals surface area contributed by atoms with Gasteiger partial charge in [-0.2, -0.15) is 0 Å². The number of rotatable bonds is 2. The lowest BCUT2D eigenvalue weighted by Gasteiger charge is -2.44.